The Bertz CT molecular complexity index is 1110. The SMILES string of the molecule is Nc1ccc(C(=O)c2c(N)c(O)c(S(=O)(=O)O)c3ccccc23)cc1. The Kier molecular flexibility index (Phi) is 3.86. The number of carbonyl (C=O) groups is 1. The van der Waals surface area contributed by atoms with Crippen LogP contribution >= 0.6 is 0 Å². The molecule has 3 aromatic carbocycles. The van der Waals surface area contributed by atoms with Gasteiger partial charge in [0.05, 0.1) is 11.3 Å². The number of nitrogens with two attached hydrogens (primary N) is 2. The van der Waals surface area contributed by atoms with Gasteiger partial charge < -0.3 is 16.6 Å². The van der Waals surface area contributed by atoms with E-state index in [1.165, 1.54) is 42.5 Å². The lowest BCUT2D eigenvalue weighted by molar-refractivity contribution is 0.104. The summed E-state index contributed by atoms with van der Waals surface area (Å²) in [6.07, 6.45) is 0. The van der Waals surface area contributed by atoms with E-state index in [2.05, 4.69) is 0 Å². The molecule has 8 heteroatoms. The van der Waals surface area contributed by atoms with Crippen molar-refractivity contribution >= 4 is 38.0 Å². The second kappa shape index (κ2) is 5.76. The highest BCUT2D eigenvalue weighted by Crippen LogP contribution is 2.40. The van der Waals surface area contributed by atoms with Crippen LogP contribution in [0.25, 0.3) is 10.8 Å². The van der Waals surface area contributed by atoms with E-state index in [1.807, 2.05) is 0 Å². The standard InChI is InChI=1S/C17H14N2O5S/c18-10-7-5-9(6-8-10)15(20)13-11-3-1-2-4-12(11)17(25(22,23)24)16(21)14(13)19/h1-8,21H,18-19H2,(H,22,23,24). The van der Waals surface area contributed by atoms with Gasteiger partial charge in [0.1, 0.15) is 4.90 Å². The van der Waals surface area contributed by atoms with E-state index in [1.54, 1.807) is 6.07 Å². The number of benzene rings is 3. The molecule has 0 unspecified atom stereocenters. The summed E-state index contributed by atoms with van der Waals surface area (Å²) in [5, 5.41) is 10.4. The number of hydrogen-bond acceptors (Lipinski definition) is 6. The van der Waals surface area contributed by atoms with E-state index in [0.29, 0.717) is 5.69 Å². The second-order valence-electron chi connectivity index (χ2n) is 5.44. The van der Waals surface area contributed by atoms with Crippen molar-refractivity contribution in [2.45, 2.75) is 4.90 Å². The van der Waals surface area contributed by atoms with Gasteiger partial charge in [0.25, 0.3) is 10.1 Å². The third-order valence-corrected chi connectivity index (χ3v) is 4.77. The maximum Gasteiger partial charge on any atom is 0.298 e. The largest absolute Gasteiger partial charge is 0.504 e. The number of carbonyl (C=O) groups excluding carboxylic acids is 1. The molecule has 0 spiro atoms. The van der Waals surface area contributed by atoms with E-state index in [9.17, 15) is 22.9 Å². The number of anilines is 2. The molecule has 0 saturated carbocycles. The van der Waals surface area contributed by atoms with Gasteiger partial charge in [-0.25, -0.2) is 0 Å². The van der Waals surface area contributed by atoms with Gasteiger partial charge in [-0.05, 0) is 29.7 Å². The summed E-state index contributed by atoms with van der Waals surface area (Å²) in [5.74, 6) is -1.37. The fourth-order valence-corrected chi connectivity index (χ4v) is 3.51. The first kappa shape index (κ1) is 16.7. The van der Waals surface area contributed by atoms with Crippen LogP contribution in [-0.4, -0.2) is 23.9 Å². The summed E-state index contributed by atoms with van der Waals surface area (Å²) >= 11 is 0. The normalized spacial score (nSPS) is 11.6. The molecular weight excluding hydrogens is 344 g/mol. The Morgan fingerprint density at radius 1 is 0.920 bits per heavy atom. The summed E-state index contributed by atoms with van der Waals surface area (Å²) in [6, 6.07) is 12.0. The maximum atomic E-state index is 12.9. The Morgan fingerprint density at radius 3 is 2.04 bits per heavy atom. The van der Waals surface area contributed by atoms with Crippen molar-refractivity contribution in [3.05, 3.63) is 59.7 Å². The predicted molar refractivity (Wildman–Crippen MR) is 94.1 cm³/mol. The van der Waals surface area contributed by atoms with E-state index in [0.717, 1.165) is 0 Å². The van der Waals surface area contributed by atoms with Crippen LogP contribution in [0.3, 0.4) is 0 Å². The van der Waals surface area contributed by atoms with Gasteiger partial charge in [-0.1, -0.05) is 24.3 Å². The number of aromatic hydroxyl groups is 1. The van der Waals surface area contributed by atoms with Crippen molar-refractivity contribution in [2.75, 3.05) is 11.5 Å². The maximum absolute atomic E-state index is 12.9. The molecule has 25 heavy (non-hydrogen) atoms. The zero-order chi connectivity index (χ0) is 18.4. The predicted octanol–water partition coefficient (Wildman–Crippen LogP) is 2.19. The van der Waals surface area contributed by atoms with Gasteiger partial charge in [-0.3, -0.25) is 9.35 Å². The molecule has 0 amide bonds. The van der Waals surface area contributed by atoms with E-state index in [4.69, 9.17) is 11.5 Å². The first-order chi connectivity index (χ1) is 11.7. The first-order valence-corrected chi connectivity index (χ1v) is 8.56. The van der Waals surface area contributed by atoms with Crippen molar-refractivity contribution in [3.63, 3.8) is 0 Å². The van der Waals surface area contributed by atoms with Crippen molar-refractivity contribution in [2.24, 2.45) is 0 Å². The second-order valence-corrected chi connectivity index (χ2v) is 6.80. The number of phenolic OH excluding ortho intramolecular Hbond substituents is 1. The van der Waals surface area contributed by atoms with E-state index < -0.39 is 32.2 Å². The highest BCUT2D eigenvalue weighted by Gasteiger charge is 2.27. The van der Waals surface area contributed by atoms with Gasteiger partial charge in [-0.2, -0.15) is 8.42 Å². The third-order valence-electron chi connectivity index (χ3n) is 3.84. The molecule has 6 N–H and O–H groups in total. The molecule has 0 aliphatic heterocycles. The zero-order valence-electron chi connectivity index (χ0n) is 12.8. The summed E-state index contributed by atoms with van der Waals surface area (Å²) in [7, 11) is -4.75. The van der Waals surface area contributed by atoms with Crippen molar-refractivity contribution in [1.82, 2.24) is 0 Å². The Hall–Kier alpha value is -3.10. The molecule has 0 bridgehead atoms. The molecule has 3 rings (SSSR count). The highest BCUT2D eigenvalue weighted by molar-refractivity contribution is 7.86. The van der Waals surface area contributed by atoms with Crippen LogP contribution in [0.2, 0.25) is 0 Å². The average molecular weight is 358 g/mol. The smallest absolute Gasteiger partial charge is 0.298 e. The van der Waals surface area contributed by atoms with Crippen molar-refractivity contribution in [3.8, 4) is 5.75 Å². The van der Waals surface area contributed by atoms with Crippen LogP contribution in [0.15, 0.2) is 53.4 Å². The third kappa shape index (κ3) is 2.77. The van der Waals surface area contributed by atoms with E-state index >= 15 is 0 Å². The number of nitrogen functional groups attached to an aromatic ring is 2. The minimum absolute atomic E-state index is 0.00417. The summed E-state index contributed by atoms with van der Waals surface area (Å²) in [5.41, 5.74) is 11.7. The molecular formula is C17H14N2O5S. The summed E-state index contributed by atoms with van der Waals surface area (Å²) in [6.45, 7) is 0. The monoisotopic (exact) mass is 358 g/mol. The van der Waals surface area contributed by atoms with Crippen LogP contribution in [0, 0.1) is 0 Å². The summed E-state index contributed by atoms with van der Waals surface area (Å²) < 4.78 is 32.7. The fraction of sp³-hybridized carbons (Fsp3) is 0. The van der Waals surface area contributed by atoms with Gasteiger partial charge in [0.2, 0.25) is 0 Å². The van der Waals surface area contributed by atoms with Crippen molar-refractivity contribution < 1.29 is 22.9 Å². The minimum Gasteiger partial charge on any atom is -0.504 e. The van der Waals surface area contributed by atoms with Crippen LogP contribution in [0.1, 0.15) is 15.9 Å². The highest BCUT2D eigenvalue weighted by atomic mass is 32.2. The lowest BCUT2D eigenvalue weighted by Gasteiger charge is -2.15. The molecule has 3 aromatic rings. The lowest BCUT2D eigenvalue weighted by Crippen LogP contribution is -2.10. The van der Waals surface area contributed by atoms with Crippen LogP contribution in [0.4, 0.5) is 11.4 Å². The Labute approximate surface area is 143 Å². The van der Waals surface area contributed by atoms with Crippen LogP contribution < -0.4 is 11.5 Å². The van der Waals surface area contributed by atoms with Gasteiger partial charge in [0.15, 0.2) is 11.5 Å². The number of phenols is 1. The molecule has 0 saturated heterocycles. The molecule has 0 heterocycles. The Morgan fingerprint density at radius 2 is 1.48 bits per heavy atom. The molecule has 0 fully saturated rings. The quantitative estimate of drug-likeness (QED) is 0.243. The Balaban J connectivity index is 2.39. The number of hydrogen-bond donors (Lipinski definition) is 4. The molecule has 0 aromatic heterocycles. The van der Waals surface area contributed by atoms with Gasteiger partial charge in [-0.15, -0.1) is 0 Å². The lowest BCUT2D eigenvalue weighted by atomic mass is 9.95. The number of ketones is 1. The number of rotatable bonds is 3. The minimum atomic E-state index is -4.75. The fourth-order valence-electron chi connectivity index (χ4n) is 2.70. The molecule has 0 atom stereocenters. The van der Waals surface area contributed by atoms with Crippen molar-refractivity contribution in [1.29, 1.82) is 0 Å². The molecule has 0 aliphatic carbocycles. The number of fused-ring (bicyclic) bond motifs is 1. The van der Waals surface area contributed by atoms with Crippen LogP contribution in [-0.2, 0) is 10.1 Å². The molecule has 0 radical (unpaired) electrons. The molecule has 128 valence electrons. The average Bonchev–Trinajstić information content (AvgIpc) is 2.55. The molecule has 0 aliphatic rings. The zero-order valence-corrected chi connectivity index (χ0v) is 13.6. The first-order valence-electron chi connectivity index (χ1n) is 7.12. The van der Waals surface area contributed by atoms with Gasteiger partial charge >= 0.3 is 0 Å². The van der Waals surface area contributed by atoms with Gasteiger partial charge in [0, 0.05) is 16.6 Å². The van der Waals surface area contributed by atoms with Crippen LogP contribution in [0.5, 0.6) is 5.75 Å². The van der Waals surface area contributed by atoms with E-state index in [-0.39, 0.29) is 21.9 Å². The topological polar surface area (TPSA) is 144 Å². The molecule has 7 nitrogen and oxygen atoms in total. The summed E-state index contributed by atoms with van der Waals surface area (Å²) in [4.78, 5) is 12.1.